The zero-order chi connectivity index (χ0) is 15.0. The number of rotatable bonds is 2. The zero-order valence-corrected chi connectivity index (χ0v) is 13.5. The number of nitrogens with zero attached hydrogens (tertiary/aromatic N) is 1. The highest BCUT2D eigenvalue weighted by atomic mass is 79.9. The largest absolute Gasteiger partial charge is 0.493 e. The molecule has 0 saturated carbocycles. The molecule has 6 heteroatoms. The maximum atomic E-state index is 12.3. The summed E-state index contributed by atoms with van der Waals surface area (Å²) >= 11 is 4.79. The number of aromatic hydroxyl groups is 1. The molecule has 0 fully saturated rings. The predicted molar refractivity (Wildman–Crippen MR) is 87.7 cm³/mol. The molecule has 2 N–H and O–H groups in total. The quantitative estimate of drug-likeness (QED) is 0.725. The number of H-pyrrole nitrogens is 1. The molecule has 2 aromatic heterocycles. The van der Waals surface area contributed by atoms with Crippen molar-refractivity contribution in [1.82, 2.24) is 9.97 Å². The second-order valence-corrected chi connectivity index (χ2v) is 6.38. The summed E-state index contributed by atoms with van der Waals surface area (Å²) in [5.74, 6) is 0.109. The molecule has 3 aromatic rings. The van der Waals surface area contributed by atoms with E-state index in [0.29, 0.717) is 11.4 Å². The number of nitrogens with one attached hydrogen (secondary N) is 1. The van der Waals surface area contributed by atoms with Gasteiger partial charge >= 0.3 is 0 Å². The average molecular weight is 363 g/mol. The first kappa shape index (κ1) is 14.0. The van der Waals surface area contributed by atoms with Crippen molar-refractivity contribution < 1.29 is 5.11 Å². The lowest BCUT2D eigenvalue weighted by molar-refractivity contribution is 0.454. The van der Waals surface area contributed by atoms with E-state index >= 15 is 0 Å². The summed E-state index contributed by atoms with van der Waals surface area (Å²) in [6, 6.07) is 9.23. The molecule has 0 amide bonds. The van der Waals surface area contributed by atoms with Crippen molar-refractivity contribution in [3.8, 4) is 27.7 Å². The Morgan fingerprint density at radius 1 is 1.33 bits per heavy atom. The molecule has 0 aliphatic heterocycles. The minimum absolute atomic E-state index is 0.201. The van der Waals surface area contributed by atoms with E-state index in [1.54, 1.807) is 6.07 Å². The summed E-state index contributed by atoms with van der Waals surface area (Å²) in [5.41, 5.74) is 1.44. The fourth-order valence-electron chi connectivity index (χ4n) is 2.11. The van der Waals surface area contributed by atoms with Crippen LogP contribution in [0.2, 0.25) is 0 Å². The molecule has 0 unspecified atom stereocenters. The molecule has 0 aliphatic carbocycles. The van der Waals surface area contributed by atoms with Crippen LogP contribution in [0.15, 0.2) is 45.0 Å². The maximum absolute atomic E-state index is 12.3. The number of aromatic nitrogens is 2. The third-order valence-corrected chi connectivity index (χ3v) is 4.81. The fraction of sp³-hybridized carbons (Fsp3) is 0.0667. The van der Waals surface area contributed by atoms with E-state index in [1.807, 2.05) is 36.6 Å². The highest BCUT2D eigenvalue weighted by Crippen LogP contribution is 2.31. The van der Waals surface area contributed by atoms with Gasteiger partial charge in [-0.25, -0.2) is 0 Å². The Hall–Kier alpha value is -1.92. The molecule has 2 heterocycles. The zero-order valence-electron chi connectivity index (χ0n) is 11.1. The molecule has 21 heavy (non-hydrogen) atoms. The predicted octanol–water partition coefficient (Wildman–Crippen LogP) is 3.94. The molecule has 0 spiro atoms. The number of hydrogen-bond acceptors (Lipinski definition) is 4. The van der Waals surface area contributed by atoms with E-state index in [0.717, 1.165) is 14.9 Å². The van der Waals surface area contributed by atoms with Gasteiger partial charge in [0.15, 0.2) is 5.82 Å². The van der Waals surface area contributed by atoms with Crippen molar-refractivity contribution in [1.29, 1.82) is 0 Å². The summed E-state index contributed by atoms with van der Waals surface area (Å²) in [4.78, 5) is 20.0. The molecule has 3 rings (SSSR count). The molecule has 0 saturated heterocycles. The molecular formula is C15H11BrN2O2S. The average Bonchev–Trinajstić information content (AvgIpc) is 2.87. The molecular weight excluding hydrogens is 352 g/mol. The van der Waals surface area contributed by atoms with Crippen molar-refractivity contribution >= 4 is 27.3 Å². The van der Waals surface area contributed by atoms with Crippen LogP contribution >= 0.6 is 27.3 Å². The smallest absolute Gasteiger partial charge is 0.262 e. The molecule has 0 atom stereocenters. The van der Waals surface area contributed by atoms with Gasteiger partial charge in [0.25, 0.3) is 5.56 Å². The van der Waals surface area contributed by atoms with Crippen molar-refractivity contribution in [2.45, 2.75) is 6.92 Å². The standard InChI is InChI=1S/C15H11BrN2O2S/c1-8-4-2-3-5-10(8)12-14(19)17-13(18-15(12)20)11-6-9(16)7-21-11/h2-7H,1H3,(H2,17,18,19,20). The first-order valence-electron chi connectivity index (χ1n) is 6.20. The van der Waals surface area contributed by atoms with Gasteiger partial charge in [-0.2, -0.15) is 4.98 Å². The van der Waals surface area contributed by atoms with Gasteiger partial charge in [-0.3, -0.25) is 4.79 Å². The Morgan fingerprint density at radius 3 is 2.71 bits per heavy atom. The molecule has 106 valence electrons. The lowest BCUT2D eigenvalue weighted by Crippen LogP contribution is -2.12. The number of aromatic amines is 1. The lowest BCUT2D eigenvalue weighted by Gasteiger charge is -2.07. The number of hydrogen-bond donors (Lipinski definition) is 2. The van der Waals surface area contributed by atoms with Crippen LogP contribution in [0.3, 0.4) is 0 Å². The molecule has 1 aromatic carbocycles. The number of benzene rings is 1. The third kappa shape index (κ3) is 2.64. The first-order valence-corrected chi connectivity index (χ1v) is 7.87. The maximum Gasteiger partial charge on any atom is 0.262 e. The van der Waals surface area contributed by atoms with Crippen LogP contribution in [0.4, 0.5) is 0 Å². The molecule has 0 aliphatic rings. The van der Waals surface area contributed by atoms with E-state index in [1.165, 1.54) is 11.3 Å². The summed E-state index contributed by atoms with van der Waals surface area (Å²) in [6.45, 7) is 1.89. The summed E-state index contributed by atoms with van der Waals surface area (Å²) in [6.07, 6.45) is 0. The second-order valence-electron chi connectivity index (χ2n) is 4.56. The molecule has 0 radical (unpaired) electrons. The van der Waals surface area contributed by atoms with Crippen LogP contribution in [0.5, 0.6) is 5.88 Å². The Bertz CT molecular complexity index is 870. The van der Waals surface area contributed by atoms with Crippen molar-refractivity contribution in [2.75, 3.05) is 0 Å². The Labute approximate surface area is 133 Å². The van der Waals surface area contributed by atoms with E-state index in [9.17, 15) is 9.90 Å². The van der Waals surface area contributed by atoms with Gasteiger partial charge in [0.1, 0.15) is 5.56 Å². The lowest BCUT2D eigenvalue weighted by atomic mass is 10.0. The minimum atomic E-state index is -0.351. The normalized spacial score (nSPS) is 10.8. The number of aryl methyl sites for hydroxylation is 1. The van der Waals surface area contributed by atoms with Gasteiger partial charge in [0, 0.05) is 9.85 Å². The van der Waals surface area contributed by atoms with Gasteiger partial charge in [-0.15, -0.1) is 11.3 Å². The van der Waals surface area contributed by atoms with E-state index in [4.69, 9.17) is 0 Å². The third-order valence-electron chi connectivity index (χ3n) is 3.12. The Morgan fingerprint density at radius 2 is 2.10 bits per heavy atom. The van der Waals surface area contributed by atoms with Gasteiger partial charge in [-0.05, 0) is 40.0 Å². The van der Waals surface area contributed by atoms with Crippen LogP contribution in [-0.2, 0) is 0 Å². The Balaban J connectivity index is 2.18. The van der Waals surface area contributed by atoms with Gasteiger partial charge < -0.3 is 10.1 Å². The highest BCUT2D eigenvalue weighted by Gasteiger charge is 2.16. The molecule has 0 bridgehead atoms. The second kappa shape index (κ2) is 5.46. The monoisotopic (exact) mass is 362 g/mol. The minimum Gasteiger partial charge on any atom is -0.493 e. The van der Waals surface area contributed by atoms with Gasteiger partial charge in [0.05, 0.1) is 4.88 Å². The SMILES string of the molecule is Cc1ccccc1-c1c(O)nc(-c2cc(Br)cs2)[nH]c1=O. The fourth-order valence-corrected chi connectivity index (χ4v) is 3.48. The van der Waals surface area contributed by atoms with Gasteiger partial charge in [0.2, 0.25) is 5.88 Å². The number of thiophene rings is 1. The van der Waals surface area contributed by atoms with Crippen LogP contribution < -0.4 is 5.56 Å². The topological polar surface area (TPSA) is 66.0 Å². The summed E-state index contributed by atoms with van der Waals surface area (Å²) < 4.78 is 0.910. The first-order chi connectivity index (χ1) is 10.1. The van der Waals surface area contributed by atoms with Crippen molar-refractivity contribution in [2.24, 2.45) is 0 Å². The van der Waals surface area contributed by atoms with Crippen LogP contribution in [-0.4, -0.2) is 15.1 Å². The Kier molecular flexibility index (Phi) is 3.65. The van der Waals surface area contributed by atoms with Crippen LogP contribution in [0.1, 0.15) is 5.56 Å². The van der Waals surface area contributed by atoms with E-state index in [-0.39, 0.29) is 17.0 Å². The van der Waals surface area contributed by atoms with Crippen LogP contribution in [0.25, 0.3) is 21.8 Å². The summed E-state index contributed by atoms with van der Waals surface area (Å²) in [5, 5.41) is 12.1. The van der Waals surface area contributed by atoms with E-state index in [2.05, 4.69) is 25.9 Å². The van der Waals surface area contributed by atoms with E-state index < -0.39 is 0 Å². The molecule has 4 nitrogen and oxygen atoms in total. The highest BCUT2D eigenvalue weighted by molar-refractivity contribution is 9.10. The summed E-state index contributed by atoms with van der Waals surface area (Å²) in [7, 11) is 0. The van der Waals surface area contributed by atoms with Crippen molar-refractivity contribution in [3.63, 3.8) is 0 Å². The van der Waals surface area contributed by atoms with Crippen LogP contribution in [0, 0.1) is 6.92 Å². The van der Waals surface area contributed by atoms with Crippen molar-refractivity contribution in [3.05, 3.63) is 56.1 Å². The number of halogens is 1. The van der Waals surface area contributed by atoms with Gasteiger partial charge in [-0.1, -0.05) is 24.3 Å².